The smallest absolute Gasteiger partial charge is 0.410 e. The third-order valence-electron chi connectivity index (χ3n) is 5.80. The average molecular weight is 349 g/mol. The van der Waals surface area contributed by atoms with Crippen molar-refractivity contribution in [2.75, 3.05) is 6.54 Å². The Kier molecular flexibility index (Phi) is 4.71. The van der Waals surface area contributed by atoms with Crippen LogP contribution < -0.4 is 0 Å². The molecule has 136 valence electrons. The first-order valence-electron chi connectivity index (χ1n) is 9.84. The fraction of sp³-hybridized carbons (Fsp3) is 0.435. The Balaban J connectivity index is 1.49. The molecule has 1 heterocycles. The number of carbonyl (C=O) groups excluding carboxylic acids is 1. The maximum atomic E-state index is 12.4. The summed E-state index contributed by atoms with van der Waals surface area (Å²) >= 11 is 0. The minimum Gasteiger partial charge on any atom is -0.441 e. The van der Waals surface area contributed by atoms with E-state index in [0.717, 1.165) is 31.4 Å². The quantitative estimate of drug-likeness (QED) is 0.722. The summed E-state index contributed by atoms with van der Waals surface area (Å²) in [6, 6.07) is 17.2. The summed E-state index contributed by atoms with van der Waals surface area (Å²) in [5.41, 5.74) is 4.71. The van der Waals surface area contributed by atoms with Crippen LogP contribution in [0.4, 0.5) is 4.79 Å². The lowest BCUT2D eigenvalue weighted by Crippen LogP contribution is -2.36. The standard InChI is InChI=1S/C23H27NO2/c1-2-18-9-11-20(12-10-18)21-8-6-7-19(15-21)16-24-17-23(26-22(24)25)13-4-3-5-14-23/h6-12,15H,2-5,13-14,16-17H2,1H3. The summed E-state index contributed by atoms with van der Waals surface area (Å²) in [6.45, 7) is 3.53. The minimum absolute atomic E-state index is 0.149. The summed E-state index contributed by atoms with van der Waals surface area (Å²) in [7, 11) is 0. The molecule has 1 spiro atoms. The van der Waals surface area contributed by atoms with E-state index >= 15 is 0 Å². The van der Waals surface area contributed by atoms with Gasteiger partial charge in [-0.3, -0.25) is 4.90 Å². The van der Waals surface area contributed by atoms with E-state index in [9.17, 15) is 4.79 Å². The Hall–Kier alpha value is -2.29. The third-order valence-corrected chi connectivity index (χ3v) is 5.80. The second-order valence-corrected chi connectivity index (χ2v) is 7.72. The summed E-state index contributed by atoms with van der Waals surface area (Å²) < 4.78 is 5.80. The first kappa shape index (κ1) is 17.1. The molecule has 2 fully saturated rings. The molecule has 1 amide bonds. The van der Waals surface area contributed by atoms with Gasteiger partial charge in [-0.25, -0.2) is 4.79 Å². The van der Waals surface area contributed by atoms with Gasteiger partial charge in [-0.1, -0.05) is 55.8 Å². The Bertz CT molecular complexity index is 775. The van der Waals surface area contributed by atoms with Crippen LogP contribution >= 0.6 is 0 Å². The number of nitrogens with zero attached hydrogens (tertiary/aromatic N) is 1. The molecule has 26 heavy (non-hydrogen) atoms. The molecular weight excluding hydrogens is 322 g/mol. The molecule has 1 saturated carbocycles. The number of rotatable bonds is 4. The van der Waals surface area contributed by atoms with Gasteiger partial charge in [0, 0.05) is 6.54 Å². The van der Waals surface area contributed by atoms with Crippen molar-refractivity contribution in [2.24, 2.45) is 0 Å². The lowest BCUT2D eigenvalue weighted by atomic mass is 9.85. The third kappa shape index (κ3) is 3.48. The number of benzene rings is 2. The SMILES string of the molecule is CCc1ccc(-c2cccc(CN3CC4(CCCCC4)OC3=O)c2)cc1. The molecule has 2 aliphatic rings. The molecule has 0 aromatic heterocycles. The zero-order chi connectivity index (χ0) is 18.0. The van der Waals surface area contributed by atoms with Gasteiger partial charge in [-0.05, 0) is 60.4 Å². The number of hydrogen-bond acceptors (Lipinski definition) is 2. The first-order valence-corrected chi connectivity index (χ1v) is 9.84. The molecule has 1 saturated heterocycles. The Labute approximate surface area is 156 Å². The normalized spacial score (nSPS) is 19.0. The summed E-state index contributed by atoms with van der Waals surface area (Å²) in [5, 5.41) is 0. The fourth-order valence-electron chi connectivity index (χ4n) is 4.27. The number of aryl methyl sites for hydroxylation is 1. The maximum absolute atomic E-state index is 12.4. The highest BCUT2D eigenvalue weighted by Gasteiger charge is 2.45. The largest absolute Gasteiger partial charge is 0.441 e. The lowest BCUT2D eigenvalue weighted by Gasteiger charge is -2.30. The minimum atomic E-state index is -0.219. The average Bonchev–Trinajstić information content (AvgIpc) is 2.97. The van der Waals surface area contributed by atoms with Crippen LogP contribution in [0.2, 0.25) is 0 Å². The van der Waals surface area contributed by atoms with Crippen LogP contribution in [-0.4, -0.2) is 23.1 Å². The van der Waals surface area contributed by atoms with E-state index in [1.54, 1.807) is 0 Å². The van der Waals surface area contributed by atoms with Crippen molar-refractivity contribution < 1.29 is 9.53 Å². The Morgan fingerprint density at radius 2 is 1.73 bits per heavy atom. The molecule has 0 bridgehead atoms. The van der Waals surface area contributed by atoms with Crippen molar-refractivity contribution in [3.05, 3.63) is 59.7 Å². The van der Waals surface area contributed by atoms with E-state index in [1.165, 1.54) is 36.0 Å². The Morgan fingerprint density at radius 3 is 2.46 bits per heavy atom. The van der Waals surface area contributed by atoms with Crippen molar-refractivity contribution in [1.82, 2.24) is 4.90 Å². The molecule has 1 aliphatic heterocycles. The van der Waals surface area contributed by atoms with Crippen molar-refractivity contribution in [3.8, 4) is 11.1 Å². The van der Waals surface area contributed by atoms with Crippen molar-refractivity contribution in [2.45, 2.75) is 57.6 Å². The van der Waals surface area contributed by atoms with Gasteiger partial charge in [-0.15, -0.1) is 0 Å². The van der Waals surface area contributed by atoms with Gasteiger partial charge in [0.1, 0.15) is 5.60 Å². The number of ether oxygens (including phenoxy) is 1. The van der Waals surface area contributed by atoms with E-state index in [4.69, 9.17) is 4.74 Å². The monoisotopic (exact) mass is 349 g/mol. The number of hydrogen-bond donors (Lipinski definition) is 0. The van der Waals surface area contributed by atoms with E-state index in [2.05, 4.69) is 55.5 Å². The molecule has 0 unspecified atom stereocenters. The van der Waals surface area contributed by atoms with Crippen LogP contribution in [0.1, 0.15) is 50.2 Å². The molecule has 2 aromatic rings. The van der Waals surface area contributed by atoms with Crippen molar-refractivity contribution >= 4 is 6.09 Å². The summed E-state index contributed by atoms with van der Waals surface area (Å²) in [4.78, 5) is 14.3. The number of carbonyl (C=O) groups is 1. The van der Waals surface area contributed by atoms with Crippen molar-refractivity contribution in [1.29, 1.82) is 0 Å². The van der Waals surface area contributed by atoms with Crippen LogP contribution in [0.15, 0.2) is 48.5 Å². The van der Waals surface area contributed by atoms with Gasteiger partial charge in [-0.2, -0.15) is 0 Å². The van der Waals surface area contributed by atoms with Crippen LogP contribution in [-0.2, 0) is 17.7 Å². The van der Waals surface area contributed by atoms with Crippen LogP contribution in [0, 0.1) is 0 Å². The molecule has 3 nitrogen and oxygen atoms in total. The van der Waals surface area contributed by atoms with E-state index < -0.39 is 0 Å². The molecule has 1 aliphatic carbocycles. The van der Waals surface area contributed by atoms with Crippen LogP contribution in [0.25, 0.3) is 11.1 Å². The highest BCUT2D eigenvalue weighted by atomic mass is 16.6. The van der Waals surface area contributed by atoms with Gasteiger partial charge in [0.2, 0.25) is 0 Å². The van der Waals surface area contributed by atoms with E-state index in [0.29, 0.717) is 6.54 Å². The molecule has 3 heteroatoms. The second kappa shape index (κ2) is 7.14. The number of amides is 1. The molecule has 2 aromatic carbocycles. The maximum Gasteiger partial charge on any atom is 0.410 e. The summed E-state index contributed by atoms with van der Waals surface area (Å²) in [5.74, 6) is 0. The van der Waals surface area contributed by atoms with Gasteiger partial charge in [0.15, 0.2) is 0 Å². The van der Waals surface area contributed by atoms with Crippen molar-refractivity contribution in [3.63, 3.8) is 0 Å². The van der Waals surface area contributed by atoms with Gasteiger partial charge in [0.25, 0.3) is 0 Å². The van der Waals surface area contributed by atoms with Crippen LogP contribution in [0.3, 0.4) is 0 Å². The predicted molar refractivity (Wildman–Crippen MR) is 104 cm³/mol. The predicted octanol–water partition coefficient (Wildman–Crippen LogP) is 5.57. The van der Waals surface area contributed by atoms with E-state index in [1.807, 2.05) is 4.90 Å². The van der Waals surface area contributed by atoms with Gasteiger partial charge >= 0.3 is 6.09 Å². The molecule has 0 radical (unpaired) electrons. The zero-order valence-electron chi connectivity index (χ0n) is 15.5. The first-order chi connectivity index (χ1) is 12.7. The zero-order valence-corrected chi connectivity index (χ0v) is 15.5. The van der Waals surface area contributed by atoms with E-state index in [-0.39, 0.29) is 11.7 Å². The Morgan fingerprint density at radius 1 is 0.962 bits per heavy atom. The van der Waals surface area contributed by atoms with Gasteiger partial charge in [0.05, 0.1) is 6.54 Å². The van der Waals surface area contributed by atoms with Crippen LogP contribution in [0.5, 0.6) is 0 Å². The molecule has 0 N–H and O–H groups in total. The molecule has 4 rings (SSSR count). The van der Waals surface area contributed by atoms with Gasteiger partial charge < -0.3 is 4.74 Å². The highest BCUT2D eigenvalue weighted by molar-refractivity contribution is 5.71. The lowest BCUT2D eigenvalue weighted by molar-refractivity contribution is 0.0260. The topological polar surface area (TPSA) is 29.5 Å². The highest BCUT2D eigenvalue weighted by Crippen LogP contribution is 2.37. The summed E-state index contributed by atoms with van der Waals surface area (Å²) in [6.07, 6.45) is 6.54. The fourth-order valence-corrected chi connectivity index (χ4v) is 4.27. The molecular formula is C23H27NO2. The molecule has 0 atom stereocenters. The second-order valence-electron chi connectivity index (χ2n) is 7.72.